The molecule has 4 heteroatoms. The number of rotatable bonds is 8. The van der Waals surface area contributed by atoms with Gasteiger partial charge < -0.3 is 19.5 Å². The molecule has 2 rings (SSSR count). The van der Waals surface area contributed by atoms with Crippen molar-refractivity contribution in [3.05, 3.63) is 29.3 Å². The number of aliphatic hydroxyl groups excluding tert-OH is 1. The van der Waals surface area contributed by atoms with Crippen molar-refractivity contribution in [1.29, 1.82) is 0 Å². The summed E-state index contributed by atoms with van der Waals surface area (Å²) in [6.07, 6.45) is 2.02. The number of piperidine rings is 1. The van der Waals surface area contributed by atoms with Crippen molar-refractivity contribution in [2.75, 3.05) is 39.5 Å². The van der Waals surface area contributed by atoms with Gasteiger partial charge in [-0.1, -0.05) is 60.6 Å². The fourth-order valence-electron chi connectivity index (χ4n) is 3.73. The molecule has 0 spiro atoms. The zero-order chi connectivity index (χ0) is 21.7. The molecule has 1 aliphatic rings. The average molecular weight is 406 g/mol. The molecule has 1 fully saturated rings. The van der Waals surface area contributed by atoms with Gasteiger partial charge in [0.05, 0.1) is 19.3 Å². The molecule has 1 aromatic rings. The van der Waals surface area contributed by atoms with E-state index in [2.05, 4.69) is 71.6 Å². The van der Waals surface area contributed by atoms with Gasteiger partial charge in [-0.2, -0.15) is 0 Å². The van der Waals surface area contributed by atoms with Crippen LogP contribution in [0.3, 0.4) is 0 Å². The molecule has 1 aromatic carbocycles. The van der Waals surface area contributed by atoms with Crippen molar-refractivity contribution < 1.29 is 14.6 Å². The van der Waals surface area contributed by atoms with E-state index in [1.807, 2.05) is 0 Å². The van der Waals surface area contributed by atoms with Crippen LogP contribution in [0.1, 0.15) is 72.4 Å². The van der Waals surface area contributed by atoms with E-state index in [1.165, 1.54) is 24.0 Å². The Labute approximate surface area is 178 Å². The first-order valence-corrected chi connectivity index (χ1v) is 11.2. The van der Waals surface area contributed by atoms with Crippen LogP contribution in [0.25, 0.3) is 0 Å². The fourth-order valence-corrected chi connectivity index (χ4v) is 3.73. The monoisotopic (exact) mass is 405 g/mol. The number of benzene rings is 1. The van der Waals surface area contributed by atoms with E-state index in [-0.39, 0.29) is 10.8 Å². The number of nitrogens with zero attached hydrogens (tertiary/aromatic N) is 1. The molecular formula is C25H43NO3. The van der Waals surface area contributed by atoms with Gasteiger partial charge in [0.1, 0.15) is 12.4 Å². The highest BCUT2D eigenvalue weighted by Crippen LogP contribution is 2.35. The minimum Gasteiger partial charge on any atom is -0.491 e. The maximum atomic E-state index is 10.2. The summed E-state index contributed by atoms with van der Waals surface area (Å²) in [4.78, 5) is 2.34. The first-order valence-electron chi connectivity index (χ1n) is 11.2. The third-order valence-corrected chi connectivity index (χ3v) is 5.79. The highest BCUT2D eigenvalue weighted by atomic mass is 16.5. The normalized spacial score (nSPS) is 18.1. The van der Waals surface area contributed by atoms with Crippen LogP contribution in [0, 0.1) is 5.92 Å². The second-order valence-electron chi connectivity index (χ2n) is 10.8. The number of hydrogen-bond acceptors (Lipinski definition) is 4. The number of likely N-dealkylation sites (tertiary alicyclic amines) is 1. The van der Waals surface area contributed by atoms with Crippen molar-refractivity contribution in [3.63, 3.8) is 0 Å². The van der Waals surface area contributed by atoms with Crippen molar-refractivity contribution in [3.8, 4) is 5.75 Å². The third-order valence-electron chi connectivity index (χ3n) is 5.79. The van der Waals surface area contributed by atoms with E-state index in [0.717, 1.165) is 24.8 Å². The molecule has 1 aliphatic heterocycles. The largest absolute Gasteiger partial charge is 0.491 e. The lowest BCUT2D eigenvalue weighted by atomic mass is 9.80. The first kappa shape index (κ1) is 24.2. The van der Waals surface area contributed by atoms with Gasteiger partial charge in [-0.05, 0) is 59.9 Å². The summed E-state index contributed by atoms with van der Waals surface area (Å²) in [6.45, 7) is 19.9. The summed E-state index contributed by atoms with van der Waals surface area (Å²) < 4.78 is 11.7. The minimum atomic E-state index is -0.431. The molecule has 1 heterocycles. The summed E-state index contributed by atoms with van der Waals surface area (Å²) in [7, 11) is 0. The summed E-state index contributed by atoms with van der Waals surface area (Å²) >= 11 is 0. The zero-order valence-electron chi connectivity index (χ0n) is 19.8. The summed E-state index contributed by atoms with van der Waals surface area (Å²) in [5.41, 5.74) is 2.68. The smallest absolute Gasteiger partial charge is 0.123 e. The topological polar surface area (TPSA) is 41.9 Å². The SMILES string of the molecule is CC1CCN(C[C@@H](O)COCCOc2ccc(C(C)(C)C)cc2C(C)(C)C)CC1. The van der Waals surface area contributed by atoms with Crippen LogP contribution in [-0.4, -0.2) is 55.6 Å². The molecule has 0 amide bonds. The highest BCUT2D eigenvalue weighted by Gasteiger charge is 2.23. The van der Waals surface area contributed by atoms with Crippen LogP contribution in [0.5, 0.6) is 5.75 Å². The number of aliphatic hydroxyl groups is 1. The molecular weight excluding hydrogens is 362 g/mol. The lowest BCUT2D eigenvalue weighted by Gasteiger charge is -2.31. The molecule has 0 aromatic heterocycles. The Hall–Kier alpha value is -1.10. The van der Waals surface area contributed by atoms with E-state index in [1.54, 1.807) is 0 Å². The predicted molar refractivity (Wildman–Crippen MR) is 121 cm³/mol. The quantitative estimate of drug-likeness (QED) is 0.633. The molecule has 166 valence electrons. The van der Waals surface area contributed by atoms with Gasteiger partial charge in [0.2, 0.25) is 0 Å². The lowest BCUT2D eigenvalue weighted by Crippen LogP contribution is -2.40. The van der Waals surface area contributed by atoms with Gasteiger partial charge in [0.15, 0.2) is 0 Å². The van der Waals surface area contributed by atoms with Gasteiger partial charge in [0.25, 0.3) is 0 Å². The number of hydrogen-bond donors (Lipinski definition) is 1. The molecule has 0 aliphatic carbocycles. The number of β-amino-alcohol motifs (C(OH)–C–C–N with tert-alkyl or cyclic N) is 1. The molecule has 0 saturated carbocycles. The second-order valence-corrected chi connectivity index (χ2v) is 10.8. The van der Waals surface area contributed by atoms with Crippen molar-refractivity contribution in [1.82, 2.24) is 4.90 Å². The van der Waals surface area contributed by atoms with E-state index < -0.39 is 6.10 Å². The Morgan fingerprint density at radius 2 is 1.69 bits per heavy atom. The van der Waals surface area contributed by atoms with Gasteiger partial charge in [-0.25, -0.2) is 0 Å². The molecule has 29 heavy (non-hydrogen) atoms. The highest BCUT2D eigenvalue weighted by molar-refractivity contribution is 5.43. The number of ether oxygens (including phenoxy) is 2. The molecule has 0 bridgehead atoms. The minimum absolute atomic E-state index is 0.0135. The van der Waals surface area contributed by atoms with Crippen LogP contribution >= 0.6 is 0 Å². The standard InChI is InChI=1S/C25H43NO3/c1-19-10-12-26(13-11-19)17-21(27)18-28-14-15-29-23-9-8-20(24(2,3)4)16-22(23)25(5,6)7/h8-9,16,19,21,27H,10-15,17-18H2,1-7H3/t21-/m1/s1. The van der Waals surface area contributed by atoms with Crippen LogP contribution in [0.15, 0.2) is 18.2 Å². The molecule has 1 atom stereocenters. The van der Waals surface area contributed by atoms with E-state index in [4.69, 9.17) is 9.47 Å². The molecule has 0 radical (unpaired) electrons. The van der Waals surface area contributed by atoms with Crippen molar-refractivity contribution in [2.45, 2.75) is 78.2 Å². The van der Waals surface area contributed by atoms with Gasteiger partial charge in [0, 0.05) is 6.54 Å². The maximum absolute atomic E-state index is 10.2. The van der Waals surface area contributed by atoms with Crippen LogP contribution in [0.2, 0.25) is 0 Å². The Kier molecular flexibility index (Phi) is 8.57. The Morgan fingerprint density at radius 1 is 1.03 bits per heavy atom. The van der Waals surface area contributed by atoms with Gasteiger partial charge in [-0.3, -0.25) is 0 Å². The van der Waals surface area contributed by atoms with E-state index >= 15 is 0 Å². The summed E-state index contributed by atoms with van der Waals surface area (Å²) in [5, 5.41) is 10.2. The molecule has 4 nitrogen and oxygen atoms in total. The van der Waals surface area contributed by atoms with Crippen LogP contribution in [-0.2, 0) is 15.6 Å². The van der Waals surface area contributed by atoms with Crippen molar-refractivity contribution >= 4 is 0 Å². The summed E-state index contributed by atoms with van der Waals surface area (Å²) in [6, 6.07) is 6.53. The van der Waals surface area contributed by atoms with Crippen LogP contribution < -0.4 is 4.74 Å². The zero-order valence-corrected chi connectivity index (χ0v) is 19.8. The predicted octanol–water partition coefficient (Wildman–Crippen LogP) is 4.77. The van der Waals surface area contributed by atoms with Gasteiger partial charge >= 0.3 is 0 Å². The molecule has 1 saturated heterocycles. The van der Waals surface area contributed by atoms with E-state index in [9.17, 15) is 5.11 Å². The van der Waals surface area contributed by atoms with Crippen LogP contribution in [0.4, 0.5) is 0 Å². The first-order chi connectivity index (χ1) is 13.5. The maximum Gasteiger partial charge on any atom is 0.123 e. The van der Waals surface area contributed by atoms with E-state index in [0.29, 0.717) is 26.4 Å². The van der Waals surface area contributed by atoms with Crippen molar-refractivity contribution in [2.24, 2.45) is 5.92 Å². The Morgan fingerprint density at radius 3 is 2.28 bits per heavy atom. The second kappa shape index (κ2) is 10.3. The lowest BCUT2D eigenvalue weighted by molar-refractivity contribution is 0.00321. The molecule has 0 unspecified atom stereocenters. The average Bonchev–Trinajstić information content (AvgIpc) is 2.62. The van der Waals surface area contributed by atoms with Gasteiger partial charge in [-0.15, -0.1) is 0 Å². The third kappa shape index (κ3) is 7.92. The summed E-state index contributed by atoms with van der Waals surface area (Å²) in [5.74, 6) is 1.74. The Balaban J connectivity index is 1.78. The molecule has 1 N–H and O–H groups in total. The fraction of sp³-hybridized carbons (Fsp3) is 0.760. The Bertz CT molecular complexity index is 622.